The summed E-state index contributed by atoms with van der Waals surface area (Å²) in [6, 6.07) is 11.4. The van der Waals surface area contributed by atoms with E-state index >= 15 is 0 Å². The Morgan fingerprint density at radius 1 is 1.04 bits per heavy atom. The molecule has 2 heterocycles. The zero-order chi connectivity index (χ0) is 17.0. The molecular formula is C19H19F3N2. The van der Waals surface area contributed by atoms with Crippen molar-refractivity contribution in [3.8, 4) is 0 Å². The van der Waals surface area contributed by atoms with Gasteiger partial charge in [-0.2, -0.15) is 13.2 Å². The Morgan fingerprint density at radius 3 is 2.42 bits per heavy atom. The molecule has 5 heteroatoms. The van der Waals surface area contributed by atoms with Crippen LogP contribution in [0.2, 0.25) is 0 Å². The van der Waals surface area contributed by atoms with E-state index in [4.69, 9.17) is 0 Å². The number of benzene rings is 1. The van der Waals surface area contributed by atoms with E-state index in [-0.39, 0.29) is 0 Å². The minimum atomic E-state index is -4.28. The summed E-state index contributed by atoms with van der Waals surface area (Å²) in [5.41, 5.74) is 2.49. The third-order valence-corrected chi connectivity index (χ3v) is 4.29. The fourth-order valence-corrected chi connectivity index (χ4v) is 2.87. The van der Waals surface area contributed by atoms with Crippen molar-refractivity contribution in [3.63, 3.8) is 0 Å². The highest BCUT2D eigenvalue weighted by Gasteiger charge is 2.30. The number of hydrogen-bond donors (Lipinski definition) is 0. The van der Waals surface area contributed by atoms with Crippen LogP contribution in [0.5, 0.6) is 0 Å². The fraction of sp³-hybridized carbons (Fsp3) is 0.316. The van der Waals surface area contributed by atoms with Crippen LogP contribution in [0.3, 0.4) is 0 Å². The Kier molecular flexibility index (Phi) is 5.00. The minimum absolute atomic E-state index is 0.598. The van der Waals surface area contributed by atoms with E-state index in [9.17, 15) is 13.2 Å². The topological polar surface area (TPSA) is 16.1 Å². The van der Waals surface area contributed by atoms with Crippen LogP contribution in [-0.4, -0.2) is 29.5 Å². The Hall–Kier alpha value is -2.14. The quantitative estimate of drug-likeness (QED) is 0.823. The monoisotopic (exact) mass is 332 g/mol. The summed E-state index contributed by atoms with van der Waals surface area (Å²) < 4.78 is 37.8. The molecule has 1 aliphatic rings. The van der Waals surface area contributed by atoms with Gasteiger partial charge in [-0.3, -0.25) is 9.88 Å². The molecule has 0 saturated heterocycles. The summed E-state index contributed by atoms with van der Waals surface area (Å²) >= 11 is 0. The molecule has 0 amide bonds. The molecule has 0 aliphatic carbocycles. The third-order valence-electron chi connectivity index (χ3n) is 4.29. The van der Waals surface area contributed by atoms with Gasteiger partial charge in [-0.25, -0.2) is 0 Å². The average molecular weight is 332 g/mol. The van der Waals surface area contributed by atoms with Crippen molar-refractivity contribution in [2.45, 2.75) is 19.0 Å². The first kappa shape index (κ1) is 16.7. The summed E-state index contributed by atoms with van der Waals surface area (Å²) in [4.78, 5) is 6.66. The highest BCUT2D eigenvalue weighted by atomic mass is 19.4. The first-order valence-corrected chi connectivity index (χ1v) is 8.01. The van der Waals surface area contributed by atoms with Crippen LogP contribution >= 0.6 is 0 Å². The summed E-state index contributed by atoms with van der Waals surface area (Å²) in [5.74, 6) is 0. The van der Waals surface area contributed by atoms with Gasteiger partial charge in [0.2, 0.25) is 0 Å². The van der Waals surface area contributed by atoms with E-state index in [1.54, 1.807) is 18.3 Å². The lowest BCUT2D eigenvalue weighted by Crippen LogP contribution is -2.30. The number of nitrogens with zero attached hydrogens (tertiary/aromatic N) is 2. The smallest absolute Gasteiger partial charge is 0.299 e. The first-order valence-electron chi connectivity index (χ1n) is 8.01. The van der Waals surface area contributed by atoms with Gasteiger partial charge in [0.25, 0.3) is 0 Å². The number of halogens is 3. The van der Waals surface area contributed by atoms with Gasteiger partial charge >= 0.3 is 6.18 Å². The van der Waals surface area contributed by atoms with Crippen LogP contribution in [0.25, 0.3) is 5.57 Å². The predicted octanol–water partition coefficient (Wildman–Crippen LogP) is 4.43. The second kappa shape index (κ2) is 7.18. The van der Waals surface area contributed by atoms with Crippen LogP contribution in [0.15, 0.2) is 54.7 Å². The number of aromatic nitrogens is 1. The van der Waals surface area contributed by atoms with E-state index in [0.29, 0.717) is 0 Å². The normalized spacial score (nSPS) is 16.0. The fourth-order valence-electron chi connectivity index (χ4n) is 2.87. The Bertz CT molecular complexity index is 691. The Labute approximate surface area is 139 Å². The molecule has 0 bridgehead atoms. The van der Waals surface area contributed by atoms with Gasteiger partial charge in [0.15, 0.2) is 0 Å². The van der Waals surface area contributed by atoms with E-state index in [1.165, 1.54) is 0 Å². The van der Waals surface area contributed by atoms with Crippen LogP contribution in [0.4, 0.5) is 13.2 Å². The standard InChI is InChI=1S/C19H19F3N2/c20-19(21,22)17-6-4-15(5-7-17)16-8-12-24(13-9-16)14-10-18-3-1-2-11-23-18/h1-8,11H,9-10,12-14H2. The Morgan fingerprint density at radius 2 is 1.83 bits per heavy atom. The van der Waals surface area contributed by atoms with E-state index in [2.05, 4.69) is 16.0 Å². The SMILES string of the molecule is FC(F)(F)c1ccc(C2=CCN(CCc3ccccn3)CC2)cc1. The molecule has 2 aromatic rings. The van der Waals surface area contributed by atoms with E-state index in [0.717, 1.165) is 61.4 Å². The Balaban J connectivity index is 1.57. The molecule has 1 aromatic carbocycles. The second-order valence-corrected chi connectivity index (χ2v) is 5.93. The highest BCUT2D eigenvalue weighted by Crippen LogP contribution is 2.31. The minimum Gasteiger partial charge on any atom is -0.299 e. The van der Waals surface area contributed by atoms with Crippen LogP contribution in [-0.2, 0) is 12.6 Å². The molecule has 0 fully saturated rings. The van der Waals surface area contributed by atoms with Gasteiger partial charge in [-0.1, -0.05) is 24.3 Å². The number of alkyl halides is 3. The molecule has 0 spiro atoms. The molecule has 0 N–H and O–H groups in total. The zero-order valence-electron chi connectivity index (χ0n) is 13.3. The number of pyridine rings is 1. The second-order valence-electron chi connectivity index (χ2n) is 5.93. The van der Waals surface area contributed by atoms with Crippen molar-refractivity contribution in [1.29, 1.82) is 0 Å². The van der Waals surface area contributed by atoms with Gasteiger partial charge < -0.3 is 0 Å². The maximum Gasteiger partial charge on any atom is 0.416 e. The number of rotatable bonds is 4. The third kappa shape index (κ3) is 4.23. The molecule has 0 unspecified atom stereocenters. The average Bonchev–Trinajstić information content (AvgIpc) is 2.61. The molecule has 1 aliphatic heterocycles. The molecule has 3 rings (SSSR count). The largest absolute Gasteiger partial charge is 0.416 e. The van der Waals surface area contributed by atoms with Gasteiger partial charge in [0, 0.05) is 37.9 Å². The molecule has 24 heavy (non-hydrogen) atoms. The maximum atomic E-state index is 12.6. The molecule has 2 nitrogen and oxygen atoms in total. The lowest BCUT2D eigenvalue weighted by molar-refractivity contribution is -0.137. The number of hydrogen-bond acceptors (Lipinski definition) is 2. The summed E-state index contributed by atoms with van der Waals surface area (Å²) in [6.07, 6.45) is 1.40. The highest BCUT2D eigenvalue weighted by molar-refractivity contribution is 5.66. The van der Waals surface area contributed by atoms with Crippen molar-refractivity contribution in [2.75, 3.05) is 19.6 Å². The molecule has 126 valence electrons. The molecule has 0 radical (unpaired) electrons. The van der Waals surface area contributed by atoms with Gasteiger partial charge in [-0.15, -0.1) is 0 Å². The van der Waals surface area contributed by atoms with E-state index < -0.39 is 11.7 Å². The molecule has 0 atom stereocenters. The van der Waals surface area contributed by atoms with Crippen LogP contribution in [0, 0.1) is 0 Å². The van der Waals surface area contributed by atoms with Crippen LogP contribution in [0.1, 0.15) is 23.2 Å². The lowest BCUT2D eigenvalue weighted by Gasteiger charge is -2.26. The molecular weight excluding hydrogens is 313 g/mol. The van der Waals surface area contributed by atoms with E-state index in [1.807, 2.05) is 18.2 Å². The maximum absolute atomic E-state index is 12.6. The summed E-state index contributed by atoms with van der Waals surface area (Å²) in [5, 5.41) is 0. The zero-order valence-corrected chi connectivity index (χ0v) is 13.3. The van der Waals surface area contributed by atoms with Gasteiger partial charge in [0.05, 0.1) is 5.56 Å². The lowest BCUT2D eigenvalue weighted by atomic mass is 9.98. The van der Waals surface area contributed by atoms with Crippen molar-refractivity contribution < 1.29 is 13.2 Å². The van der Waals surface area contributed by atoms with Crippen molar-refractivity contribution in [1.82, 2.24) is 9.88 Å². The van der Waals surface area contributed by atoms with Crippen molar-refractivity contribution >= 4 is 5.57 Å². The van der Waals surface area contributed by atoms with Crippen LogP contribution < -0.4 is 0 Å². The van der Waals surface area contributed by atoms with Crippen molar-refractivity contribution in [2.24, 2.45) is 0 Å². The predicted molar refractivity (Wildman–Crippen MR) is 88.4 cm³/mol. The molecule has 0 saturated carbocycles. The first-order chi connectivity index (χ1) is 11.5. The van der Waals surface area contributed by atoms with Crippen molar-refractivity contribution in [3.05, 3.63) is 71.6 Å². The summed E-state index contributed by atoms with van der Waals surface area (Å²) in [6.45, 7) is 2.68. The molecule has 1 aromatic heterocycles. The summed E-state index contributed by atoms with van der Waals surface area (Å²) in [7, 11) is 0. The van der Waals surface area contributed by atoms with Gasteiger partial charge in [-0.05, 0) is 41.8 Å². The van der Waals surface area contributed by atoms with Gasteiger partial charge in [0.1, 0.15) is 0 Å².